The molecule has 26 heavy (non-hydrogen) atoms. The van der Waals surface area contributed by atoms with Crippen LogP contribution in [0, 0.1) is 12.7 Å². The number of hydrogen-bond donors (Lipinski definition) is 1. The molecule has 6 heteroatoms. The number of anilines is 2. The minimum Gasteiger partial charge on any atom is -0.350 e. The summed E-state index contributed by atoms with van der Waals surface area (Å²) in [4.78, 5) is 22.9. The molecule has 1 N–H and O–H groups in total. The minimum absolute atomic E-state index is 0.216. The first-order chi connectivity index (χ1) is 12.5. The lowest BCUT2D eigenvalue weighted by atomic mass is 10.2. The summed E-state index contributed by atoms with van der Waals surface area (Å²) in [6.07, 6.45) is 0. The van der Waals surface area contributed by atoms with Gasteiger partial charge in [0.05, 0.1) is 0 Å². The van der Waals surface area contributed by atoms with E-state index in [1.54, 1.807) is 30.1 Å². The molecular formula is C20H19FN4O. The molecule has 0 radical (unpaired) electrons. The number of nitrogens with zero attached hydrogens (tertiary/aromatic N) is 3. The molecule has 0 unspecified atom stereocenters. The number of nitrogens with one attached hydrogen (secondary N) is 1. The van der Waals surface area contributed by atoms with Crippen LogP contribution in [0.3, 0.4) is 0 Å². The fourth-order valence-corrected chi connectivity index (χ4v) is 2.48. The second kappa shape index (κ2) is 7.74. The Morgan fingerprint density at radius 2 is 1.77 bits per heavy atom. The number of carbonyl (C=O) groups excluding carboxylic acids is 1. The predicted molar refractivity (Wildman–Crippen MR) is 99.7 cm³/mol. The molecule has 0 aliphatic carbocycles. The van der Waals surface area contributed by atoms with Crippen LogP contribution in [0.25, 0.3) is 0 Å². The summed E-state index contributed by atoms with van der Waals surface area (Å²) >= 11 is 0. The van der Waals surface area contributed by atoms with Gasteiger partial charge in [-0.05, 0) is 42.8 Å². The molecule has 5 nitrogen and oxygen atoms in total. The fourth-order valence-electron chi connectivity index (χ4n) is 2.48. The smallest absolute Gasteiger partial charge is 0.276 e. The number of carbonyl (C=O) groups is 1. The van der Waals surface area contributed by atoms with Gasteiger partial charge in [0.15, 0.2) is 0 Å². The molecule has 3 aromatic rings. The van der Waals surface area contributed by atoms with Crippen LogP contribution < -0.4 is 10.2 Å². The van der Waals surface area contributed by atoms with Crippen molar-refractivity contribution in [1.82, 2.24) is 9.97 Å². The average Bonchev–Trinajstić information content (AvgIpc) is 2.66. The molecule has 0 atom stereocenters. The molecule has 3 rings (SSSR count). The van der Waals surface area contributed by atoms with Crippen LogP contribution in [0.5, 0.6) is 0 Å². The molecule has 1 heterocycles. The highest BCUT2D eigenvalue weighted by atomic mass is 19.1. The van der Waals surface area contributed by atoms with Gasteiger partial charge in [-0.15, -0.1) is 0 Å². The van der Waals surface area contributed by atoms with E-state index in [0.717, 1.165) is 11.3 Å². The van der Waals surface area contributed by atoms with Crippen LogP contribution in [-0.4, -0.2) is 22.9 Å². The van der Waals surface area contributed by atoms with Crippen molar-refractivity contribution in [3.8, 4) is 0 Å². The van der Waals surface area contributed by atoms with Crippen molar-refractivity contribution in [2.24, 2.45) is 0 Å². The Labute approximate surface area is 151 Å². The summed E-state index contributed by atoms with van der Waals surface area (Å²) in [5, 5.41) is 3.08. The van der Waals surface area contributed by atoms with Gasteiger partial charge < -0.3 is 10.2 Å². The van der Waals surface area contributed by atoms with Crippen molar-refractivity contribution in [2.45, 2.75) is 13.5 Å². The summed E-state index contributed by atoms with van der Waals surface area (Å²) in [6, 6.07) is 17.2. The molecule has 0 spiro atoms. The van der Waals surface area contributed by atoms with E-state index in [2.05, 4.69) is 15.3 Å². The molecule has 0 aliphatic heterocycles. The Morgan fingerprint density at radius 3 is 2.46 bits per heavy atom. The largest absolute Gasteiger partial charge is 0.350 e. The van der Waals surface area contributed by atoms with Gasteiger partial charge in [0.1, 0.15) is 11.5 Å². The quantitative estimate of drug-likeness (QED) is 0.760. The average molecular weight is 350 g/mol. The van der Waals surface area contributed by atoms with E-state index in [4.69, 9.17) is 0 Å². The monoisotopic (exact) mass is 350 g/mol. The second-order valence-corrected chi connectivity index (χ2v) is 5.90. The van der Waals surface area contributed by atoms with E-state index >= 15 is 0 Å². The normalized spacial score (nSPS) is 10.4. The van der Waals surface area contributed by atoms with Crippen LogP contribution in [0.4, 0.5) is 16.0 Å². The summed E-state index contributed by atoms with van der Waals surface area (Å²) in [7, 11) is 1.71. The molecule has 132 valence electrons. The summed E-state index contributed by atoms with van der Waals surface area (Å²) in [5.41, 5.74) is 2.68. The SMILES string of the molecule is Cc1cc(C(=O)N(C)c2ccccc2)nc(NCc2ccc(F)cc2)n1. The van der Waals surface area contributed by atoms with E-state index < -0.39 is 0 Å². The maximum Gasteiger partial charge on any atom is 0.276 e. The van der Waals surface area contributed by atoms with Gasteiger partial charge in [-0.1, -0.05) is 30.3 Å². The van der Waals surface area contributed by atoms with Crippen molar-refractivity contribution in [3.05, 3.63) is 83.4 Å². The third-order valence-corrected chi connectivity index (χ3v) is 3.89. The fraction of sp³-hybridized carbons (Fsp3) is 0.150. The molecule has 0 aliphatic rings. The number of para-hydroxylation sites is 1. The molecule has 0 saturated carbocycles. The number of aryl methyl sites for hydroxylation is 1. The highest BCUT2D eigenvalue weighted by Crippen LogP contribution is 2.15. The first-order valence-electron chi connectivity index (χ1n) is 8.20. The Hall–Kier alpha value is -3.28. The molecule has 1 aromatic heterocycles. The minimum atomic E-state index is -0.280. The zero-order valence-corrected chi connectivity index (χ0v) is 14.6. The van der Waals surface area contributed by atoms with Crippen LogP contribution in [0.1, 0.15) is 21.7 Å². The summed E-state index contributed by atoms with van der Waals surface area (Å²) in [6.45, 7) is 2.25. The first-order valence-corrected chi connectivity index (χ1v) is 8.20. The number of rotatable bonds is 5. The van der Waals surface area contributed by atoms with Gasteiger partial charge in [-0.25, -0.2) is 14.4 Å². The van der Waals surface area contributed by atoms with Crippen molar-refractivity contribution >= 4 is 17.5 Å². The number of amides is 1. The molecule has 0 saturated heterocycles. The Bertz CT molecular complexity index is 897. The zero-order valence-electron chi connectivity index (χ0n) is 14.6. The van der Waals surface area contributed by atoms with Gasteiger partial charge >= 0.3 is 0 Å². The van der Waals surface area contributed by atoms with Crippen LogP contribution >= 0.6 is 0 Å². The molecule has 0 bridgehead atoms. The first kappa shape index (κ1) is 17.5. The Kier molecular flexibility index (Phi) is 5.22. The van der Waals surface area contributed by atoms with Crippen LogP contribution in [-0.2, 0) is 6.54 Å². The number of halogens is 1. The van der Waals surface area contributed by atoms with Gasteiger partial charge in [0.25, 0.3) is 5.91 Å². The zero-order chi connectivity index (χ0) is 18.5. The van der Waals surface area contributed by atoms with Crippen molar-refractivity contribution in [3.63, 3.8) is 0 Å². The standard InChI is InChI=1S/C20H19FN4O/c1-14-12-18(19(26)25(2)17-6-4-3-5-7-17)24-20(23-14)22-13-15-8-10-16(21)11-9-15/h3-12H,13H2,1-2H3,(H,22,23,24). The molecule has 2 aromatic carbocycles. The lowest BCUT2D eigenvalue weighted by Crippen LogP contribution is -2.27. The lowest BCUT2D eigenvalue weighted by molar-refractivity contribution is 0.0988. The molecule has 1 amide bonds. The number of benzene rings is 2. The lowest BCUT2D eigenvalue weighted by Gasteiger charge is -2.17. The molecule has 0 fully saturated rings. The van der Waals surface area contributed by atoms with Crippen molar-refractivity contribution in [1.29, 1.82) is 0 Å². The van der Waals surface area contributed by atoms with Gasteiger partial charge in [-0.2, -0.15) is 0 Å². The Balaban J connectivity index is 1.76. The van der Waals surface area contributed by atoms with Crippen LogP contribution in [0.15, 0.2) is 60.7 Å². The maximum atomic E-state index is 13.0. The summed E-state index contributed by atoms with van der Waals surface area (Å²) in [5.74, 6) is -0.136. The number of aromatic nitrogens is 2. The number of hydrogen-bond acceptors (Lipinski definition) is 4. The van der Waals surface area contributed by atoms with Gasteiger partial charge in [0.2, 0.25) is 5.95 Å². The van der Waals surface area contributed by atoms with E-state index in [9.17, 15) is 9.18 Å². The highest BCUT2D eigenvalue weighted by Gasteiger charge is 2.16. The highest BCUT2D eigenvalue weighted by molar-refractivity contribution is 6.04. The summed E-state index contributed by atoms with van der Waals surface area (Å²) < 4.78 is 13.0. The Morgan fingerprint density at radius 1 is 1.08 bits per heavy atom. The van der Waals surface area contributed by atoms with E-state index in [1.807, 2.05) is 37.3 Å². The second-order valence-electron chi connectivity index (χ2n) is 5.90. The topological polar surface area (TPSA) is 58.1 Å². The molecular weight excluding hydrogens is 331 g/mol. The van der Waals surface area contributed by atoms with Crippen molar-refractivity contribution < 1.29 is 9.18 Å². The predicted octanol–water partition coefficient (Wildman–Crippen LogP) is 3.81. The van der Waals surface area contributed by atoms with Gasteiger partial charge in [0, 0.05) is 25.0 Å². The van der Waals surface area contributed by atoms with E-state index in [-0.39, 0.29) is 11.7 Å². The van der Waals surface area contributed by atoms with E-state index in [0.29, 0.717) is 23.9 Å². The van der Waals surface area contributed by atoms with Crippen molar-refractivity contribution in [2.75, 3.05) is 17.3 Å². The van der Waals surface area contributed by atoms with E-state index in [1.165, 1.54) is 12.1 Å². The van der Waals surface area contributed by atoms with Crippen LogP contribution in [0.2, 0.25) is 0 Å². The maximum absolute atomic E-state index is 13.0. The third kappa shape index (κ3) is 4.22. The van der Waals surface area contributed by atoms with Gasteiger partial charge in [-0.3, -0.25) is 4.79 Å². The third-order valence-electron chi connectivity index (χ3n) is 3.89.